The summed E-state index contributed by atoms with van der Waals surface area (Å²) in [7, 11) is 0. The monoisotopic (exact) mass is 156 g/mol. The average molecular weight is 156 g/mol. The van der Waals surface area contributed by atoms with Crippen LogP contribution < -0.4 is 5.73 Å². The highest BCUT2D eigenvalue weighted by Crippen LogP contribution is 2.11. The molecule has 1 aromatic rings. The lowest BCUT2D eigenvalue weighted by atomic mass is 10.2. The van der Waals surface area contributed by atoms with Crippen LogP contribution in [0.4, 0.5) is 5.69 Å². The largest absolute Gasteiger partial charge is 0.320 e. The van der Waals surface area contributed by atoms with E-state index >= 15 is 0 Å². The number of nitrogens with zero attached hydrogens (tertiary/aromatic N) is 1. The fourth-order valence-electron chi connectivity index (χ4n) is 0.772. The van der Waals surface area contributed by atoms with Crippen LogP contribution in [0.15, 0.2) is 24.3 Å². The lowest BCUT2D eigenvalue weighted by Crippen LogP contribution is -1.92. The zero-order chi connectivity index (χ0) is 8.81. The van der Waals surface area contributed by atoms with Gasteiger partial charge in [-0.3, -0.25) is 0 Å². The van der Waals surface area contributed by atoms with Gasteiger partial charge in [0.25, 0.3) is 0 Å². The number of hydrogen-bond donors (Lipinski definition) is 1. The molecule has 0 unspecified atom stereocenters. The van der Waals surface area contributed by atoms with Crippen LogP contribution in [0.3, 0.4) is 0 Å². The maximum atomic E-state index is 6.72. The van der Waals surface area contributed by atoms with E-state index in [-0.39, 0.29) is 0 Å². The van der Waals surface area contributed by atoms with Crippen LogP contribution in [0.1, 0.15) is 5.56 Å². The van der Waals surface area contributed by atoms with E-state index in [0.717, 1.165) is 5.56 Å². The first-order valence-corrected chi connectivity index (χ1v) is 3.53. The molecule has 0 atom stereocenters. The number of benzene rings is 1. The van der Waals surface area contributed by atoms with Crippen molar-refractivity contribution in [3.05, 3.63) is 41.2 Å². The Labute approximate surface area is 71.8 Å². The van der Waals surface area contributed by atoms with Crippen molar-refractivity contribution in [3.8, 4) is 11.8 Å². The Hall–Kier alpha value is -1.77. The molecular weight excluding hydrogens is 148 g/mol. The molecule has 0 aromatic heterocycles. The van der Waals surface area contributed by atoms with Crippen molar-refractivity contribution in [1.82, 2.24) is 0 Å². The third-order valence-corrected chi connectivity index (χ3v) is 1.33. The van der Waals surface area contributed by atoms with Crippen molar-refractivity contribution < 1.29 is 0 Å². The standard InChI is InChI=1S/C10H8N2/c1-12-10-6-4-9(5-7-10)3-2-8-11/h4-7H,8,11H2. The van der Waals surface area contributed by atoms with Gasteiger partial charge >= 0.3 is 0 Å². The van der Waals surface area contributed by atoms with Crippen molar-refractivity contribution in [2.75, 3.05) is 6.54 Å². The van der Waals surface area contributed by atoms with E-state index in [2.05, 4.69) is 16.7 Å². The van der Waals surface area contributed by atoms with Gasteiger partial charge < -0.3 is 5.73 Å². The van der Waals surface area contributed by atoms with Gasteiger partial charge in [-0.05, 0) is 0 Å². The smallest absolute Gasteiger partial charge is 0.187 e. The SMILES string of the molecule is [C-]#[N+]c1ccc(C#CCN)cc1. The van der Waals surface area contributed by atoms with Crippen LogP contribution in [0.2, 0.25) is 0 Å². The quantitative estimate of drug-likeness (QED) is 0.448. The average Bonchev–Trinajstić information content (AvgIpc) is 2.15. The van der Waals surface area contributed by atoms with Crippen molar-refractivity contribution in [3.63, 3.8) is 0 Å². The van der Waals surface area contributed by atoms with E-state index in [0.29, 0.717) is 12.2 Å². The molecule has 58 valence electrons. The molecule has 0 amide bonds. The molecule has 0 bridgehead atoms. The van der Waals surface area contributed by atoms with E-state index < -0.39 is 0 Å². The number of rotatable bonds is 0. The van der Waals surface area contributed by atoms with Gasteiger partial charge in [0, 0.05) is 5.56 Å². The first-order chi connectivity index (χ1) is 5.86. The van der Waals surface area contributed by atoms with Crippen LogP contribution in [-0.2, 0) is 0 Å². The highest BCUT2D eigenvalue weighted by molar-refractivity contribution is 5.48. The van der Waals surface area contributed by atoms with Crippen molar-refractivity contribution in [1.29, 1.82) is 0 Å². The third-order valence-electron chi connectivity index (χ3n) is 1.33. The van der Waals surface area contributed by atoms with Crippen LogP contribution in [0.5, 0.6) is 0 Å². The minimum absolute atomic E-state index is 0.366. The van der Waals surface area contributed by atoms with Gasteiger partial charge in [-0.1, -0.05) is 36.1 Å². The summed E-state index contributed by atoms with van der Waals surface area (Å²) < 4.78 is 0. The molecule has 0 heterocycles. The maximum absolute atomic E-state index is 6.72. The van der Waals surface area contributed by atoms with Gasteiger partial charge in [-0.25, -0.2) is 4.85 Å². The van der Waals surface area contributed by atoms with E-state index in [1.54, 1.807) is 12.1 Å². The van der Waals surface area contributed by atoms with Gasteiger partial charge in [-0.2, -0.15) is 0 Å². The zero-order valence-corrected chi connectivity index (χ0v) is 6.54. The van der Waals surface area contributed by atoms with Crippen molar-refractivity contribution in [2.24, 2.45) is 5.73 Å². The molecule has 0 spiro atoms. The Bertz CT molecular complexity index is 346. The molecule has 0 aliphatic rings. The second-order valence-corrected chi connectivity index (χ2v) is 2.16. The molecule has 1 rings (SSSR count). The summed E-state index contributed by atoms with van der Waals surface area (Å²) in [4.78, 5) is 3.27. The molecule has 2 N–H and O–H groups in total. The van der Waals surface area contributed by atoms with Crippen LogP contribution in [-0.4, -0.2) is 6.54 Å². The van der Waals surface area contributed by atoms with E-state index in [4.69, 9.17) is 12.3 Å². The van der Waals surface area contributed by atoms with Crippen LogP contribution >= 0.6 is 0 Å². The summed E-state index contributed by atoms with van der Waals surface area (Å²) in [5.74, 6) is 5.62. The summed E-state index contributed by atoms with van der Waals surface area (Å²) in [6.45, 7) is 7.09. The molecular formula is C10H8N2. The molecule has 0 aliphatic heterocycles. The highest BCUT2D eigenvalue weighted by atomic mass is 14.6. The van der Waals surface area contributed by atoms with E-state index in [9.17, 15) is 0 Å². The Balaban J connectivity index is 2.87. The number of nitrogens with two attached hydrogens (primary N) is 1. The van der Waals surface area contributed by atoms with Gasteiger partial charge in [0.1, 0.15) is 0 Å². The van der Waals surface area contributed by atoms with Gasteiger partial charge in [0.15, 0.2) is 5.69 Å². The zero-order valence-electron chi connectivity index (χ0n) is 6.54. The van der Waals surface area contributed by atoms with Gasteiger partial charge in [0.2, 0.25) is 0 Å². The Morgan fingerprint density at radius 3 is 2.50 bits per heavy atom. The molecule has 2 nitrogen and oxygen atoms in total. The molecule has 2 heteroatoms. The summed E-state index contributed by atoms with van der Waals surface area (Å²) in [6, 6.07) is 7.12. The molecule has 0 fully saturated rings. The molecule has 0 saturated heterocycles. The second-order valence-electron chi connectivity index (χ2n) is 2.16. The summed E-state index contributed by atoms with van der Waals surface area (Å²) >= 11 is 0. The van der Waals surface area contributed by atoms with Crippen LogP contribution in [0, 0.1) is 18.4 Å². The lowest BCUT2D eigenvalue weighted by molar-refractivity contribution is 1.30. The first kappa shape index (κ1) is 8.33. The fraction of sp³-hybridized carbons (Fsp3) is 0.100. The Kier molecular flexibility index (Phi) is 2.90. The van der Waals surface area contributed by atoms with Gasteiger partial charge in [0.05, 0.1) is 13.1 Å². The molecule has 0 radical (unpaired) electrons. The summed E-state index contributed by atoms with van der Waals surface area (Å²) in [5, 5.41) is 0. The third kappa shape index (κ3) is 2.12. The molecule has 12 heavy (non-hydrogen) atoms. The topological polar surface area (TPSA) is 30.4 Å². The van der Waals surface area contributed by atoms with Gasteiger partial charge in [-0.15, -0.1) is 0 Å². The fourth-order valence-corrected chi connectivity index (χ4v) is 0.772. The normalized spacial score (nSPS) is 8.00. The first-order valence-electron chi connectivity index (χ1n) is 3.53. The second kappa shape index (κ2) is 4.18. The Morgan fingerprint density at radius 2 is 2.00 bits per heavy atom. The Morgan fingerprint density at radius 1 is 1.33 bits per heavy atom. The van der Waals surface area contributed by atoms with Crippen molar-refractivity contribution in [2.45, 2.75) is 0 Å². The lowest BCUT2D eigenvalue weighted by Gasteiger charge is -1.89. The minimum Gasteiger partial charge on any atom is -0.320 e. The van der Waals surface area contributed by atoms with E-state index in [1.165, 1.54) is 0 Å². The summed E-state index contributed by atoms with van der Waals surface area (Å²) in [5.41, 5.74) is 6.74. The van der Waals surface area contributed by atoms with Crippen molar-refractivity contribution >= 4 is 5.69 Å². The summed E-state index contributed by atoms with van der Waals surface area (Å²) in [6.07, 6.45) is 0. The van der Waals surface area contributed by atoms with Crippen LogP contribution in [0.25, 0.3) is 4.85 Å². The number of hydrogen-bond acceptors (Lipinski definition) is 1. The molecule has 1 aromatic carbocycles. The molecule has 0 saturated carbocycles. The van der Waals surface area contributed by atoms with E-state index in [1.807, 2.05) is 12.1 Å². The minimum atomic E-state index is 0.366. The molecule has 0 aliphatic carbocycles. The highest BCUT2D eigenvalue weighted by Gasteiger charge is 1.88. The maximum Gasteiger partial charge on any atom is 0.187 e. The predicted octanol–water partition coefficient (Wildman–Crippen LogP) is 1.55. The predicted molar refractivity (Wildman–Crippen MR) is 48.6 cm³/mol.